The maximum absolute atomic E-state index is 6.04. The van der Waals surface area contributed by atoms with Gasteiger partial charge in [-0.05, 0) is 52.5 Å². The van der Waals surface area contributed by atoms with Crippen LogP contribution in [0.5, 0.6) is 11.5 Å². The SMILES string of the molecule is COCC1CCN(C(CN)c2cc(Br)c3c(c2)OCO3)C1. The van der Waals surface area contributed by atoms with Crippen LogP contribution in [0, 0.1) is 5.92 Å². The zero-order valence-corrected chi connectivity index (χ0v) is 13.8. The molecule has 0 bridgehead atoms. The fourth-order valence-corrected chi connectivity index (χ4v) is 3.77. The monoisotopic (exact) mass is 356 g/mol. The number of hydrogen-bond donors (Lipinski definition) is 1. The number of methoxy groups -OCH3 is 1. The molecule has 2 unspecified atom stereocenters. The van der Waals surface area contributed by atoms with E-state index >= 15 is 0 Å². The molecular formula is C15H21BrN2O3. The van der Waals surface area contributed by atoms with Gasteiger partial charge in [-0.3, -0.25) is 4.90 Å². The molecule has 1 aromatic rings. The van der Waals surface area contributed by atoms with Gasteiger partial charge in [0.1, 0.15) is 0 Å². The van der Waals surface area contributed by atoms with Crippen LogP contribution in [0.3, 0.4) is 0 Å². The third-order valence-electron chi connectivity index (χ3n) is 4.22. The summed E-state index contributed by atoms with van der Waals surface area (Å²) in [7, 11) is 1.76. The van der Waals surface area contributed by atoms with Crippen molar-refractivity contribution in [1.29, 1.82) is 0 Å². The maximum Gasteiger partial charge on any atom is 0.231 e. The van der Waals surface area contributed by atoms with Crippen LogP contribution in [0.2, 0.25) is 0 Å². The fraction of sp³-hybridized carbons (Fsp3) is 0.600. The molecule has 1 fully saturated rings. The van der Waals surface area contributed by atoms with E-state index in [0.717, 1.165) is 42.1 Å². The molecule has 3 rings (SSSR count). The molecule has 6 heteroatoms. The minimum absolute atomic E-state index is 0.206. The van der Waals surface area contributed by atoms with Crippen LogP contribution in [0.25, 0.3) is 0 Å². The Bertz CT molecular complexity index is 512. The summed E-state index contributed by atoms with van der Waals surface area (Å²) in [4.78, 5) is 2.44. The summed E-state index contributed by atoms with van der Waals surface area (Å²) in [5.41, 5.74) is 7.21. The highest BCUT2D eigenvalue weighted by Gasteiger charge is 2.30. The first kappa shape index (κ1) is 15.1. The molecule has 0 spiro atoms. The molecule has 5 nitrogen and oxygen atoms in total. The number of ether oxygens (including phenoxy) is 3. The summed E-state index contributed by atoms with van der Waals surface area (Å²) < 4.78 is 17.1. The first-order valence-corrected chi connectivity index (χ1v) is 8.04. The minimum atomic E-state index is 0.206. The Hall–Kier alpha value is -0.820. The minimum Gasteiger partial charge on any atom is -0.454 e. The standard InChI is InChI=1S/C15H21BrN2O3/c1-19-8-10-2-3-18(7-10)13(6-17)11-4-12(16)15-14(5-11)20-9-21-15/h4-5,10,13H,2-3,6-9,17H2,1H3. The first-order chi connectivity index (χ1) is 10.2. The summed E-state index contributed by atoms with van der Waals surface area (Å²) in [6.45, 7) is 3.78. The number of likely N-dealkylation sites (tertiary alicyclic amines) is 1. The van der Waals surface area contributed by atoms with Crippen LogP contribution < -0.4 is 15.2 Å². The van der Waals surface area contributed by atoms with Gasteiger partial charge in [0, 0.05) is 26.2 Å². The second-order valence-electron chi connectivity index (χ2n) is 5.59. The zero-order chi connectivity index (χ0) is 14.8. The lowest BCUT2D eigenvalue weighted by atomic mass is 10.0. The Balaban J connectivity index is 1.79. The van der Waals surface area contributed by atoms with Crippen LogP contribution in [0.1, 0.15) is 18.0 Å². The van der Waals surface area contributed by atoms with E-state index in [1.54, 1.807) is 7.11 Å². The van der Waals surface area contributed by atoms with Gasteiger partial charge >= 0.3 is 0 Å². The Morgan fingerprint density at radius 2 is 2.33 bits per heavy atom. The molecule has 0 aliphatic carbocycles. The molecule has 0 aromatic heterocycles. The van der Waals surface area contributed by atoms with Crippen molar-refractivity contribution in [2.24, 2.45) is 11.7 Å². The smallest absolute Gasteiger partial charge is 0.231 e. The number of nitrogens with zero attached hydrogens (tertiary/aromatic N) is 1. The van der Waals surface area contributed by atoms with Crippen LogP contribution in [0.15, 0.2) is 16.6 Å². The molecule has 2 N–H and O–H groups in total. The predicted octanol–water partition coefficient (Wildman–Crippen LogP) is 2.15. The lowest BCUT2D eigenvalue weighted by molar-refractivity contribution is 0.147. The van der Waals surface area contributed by atoms with Gasteiger partial charge in [-0.15, -0.1) is 0 Å². The van der Waals surface area contributed by atoms with Crippen molar-refractivity contribution in [2.45, 2.75) is 12.5 Å². The van der Waals surface area contributed by atoms with Crippen molar-refractivity contribution < 1.29 is 14.2 Å². The van der Waals surface area contributed by atoms with Gasteiger partial charge in [-0.1, -0.05) is 0 Å². The number of hydrogen-bond acceptors (Lipinski definition) is 5. The van der Waals surface area contributed by atoms with Crippen molar-refractivity contribution >= 4 is 15.9 Å². The third kappa shape index (κ3) is 3.04. The molecule has 2 aliphatic heterocycles. The van der Waals surface area contributed by atoms with Crippen molar-refractivity contribution in [1.82, 2.24) is 4.90 Å². The Kier molecular flexibility index (Phi) is 4.69. The maximum atomic E-state index is 6.04. The van der Waals surface area contributed by atoms with Gasteiger partial charge < -0.3 is 19.9 Å². The molecule has 116 valence electrons. The number of rotatable bonds is 5. The van der Waals surface area contributed by atoms with E-state index in [1.807, 2.05) is 6.07 Å². The Morgan fingerprint density at radius 1 is 1.48 bits per heavy atom. The van der Waals surface area contributed by atoms with Gasteiger partial charge in [0.05, 0.1) is 11.1 Å². The van der Waals surface area contributed by atoms with Gasteiger partial charge in [0.15, 0.2) is 11.5 Å². The van der Waals surface area contributed by atoms with Crippen molar-refractivity contribution in [3.63, 3.8) is 0 Å². The molecule has 1 aromatic carbocycles. The number of benzene rings is 1. The van der Waals surface area contributed by atoms with Crippen LogP contribution >= 0.6 is 15.9 Å². The number of fused-ring (bicyclic) bond motifs is 1. The van der Waals surface area contributed by atoms with E-state index < -0.39 is 0 Å². The average Bonchev–Trinajstić information content (AvgIpc) is 3.10. The summed E-state index contributed by atoms with van der Waals surface area (Å²) in [5, 5.41) is 0. The van der Waals surface area contributed by atoms with Crippen LogP contribution in [0.4, 0.5) is 0 Å². The van der Waals surface area contributed by atoms with Crippen LogP contribution in [-0.4, -0.2) is 45.0 Å². The lowest BCUT2D eigenvalue weighted by Crippen LogP contribution is -2.32. The third-order valence-corrected chi connectivity index (χ3v) is 4.81. The van der Waals surface area contributed by atoms with E-state index in [0.29, 0.717) is 12.5 Å². The summed E-state index contributed by atoms with van der Waals surface area (Å²) in [6.07, 6.45) is 1.16. The van der Waals surface area contributed by atoms with Crippen molar-refractivity contribution in [2.75, 3.05) is 40.1 Å². The summed E-state index contributed by atoms with van der Waals surface area (Å²) in [6, 6.07) is 4.35. The lowest BCUT2D eigenvalue weighted by Gasteiger charge is -2.27. The quantitative estimate of drug-likeness (QED) is 0.875. The van der Waals surface area contributed by atoms with E-state index in [4.69, 9.17) is 19.9 Å². The molecule has 21 heavy (non-hydrogen) atoms. The van der Waals surface area contributed by atoms with Gasteiger partial charge in [-0.25, -0.2) is 0 Å². The van der Waals surface area contributed by atoms with Crippen molar-refractivity contribution in [3.8, 4) is 11.5 Å². The predicted molar refractivity (Wildman–Crippen MR) is 83.6 cm³/mol. The molecule has 1 saturated heterocycles. The molecular weight excluding hydrogens is 336 g/mol. The van der Waals surface area contributed by atoms with Crippen molar-refractivity contribution in [3.05, 3.63) is 22.2 Å². The number of halogens is 1. The first-order valence-electron chi connectivity index (χ1n) is 7.25. The van der Waals surface area contributed by atoms with E-state index in [-0.39, 0.29) is 12.8 Å². The highest BCUT2D eigenvalue weighted by atomic mass is 79.9. The Labute approximate surface area is 133 Å². The van der Waals surface area contributed by atoms with Crippen LogP contribution in [-0.2, 0) is 4.74 Å². The van der Waals surface area contributed by atoms with Gasteiger partial charge in [-0.2, -0.15) is 0 Å². The van der Waals surface area contributed by atoms with Gasteiger partial charge in [0.2, 0.25) is 6.79 Å². The molecule has 0 radical (unpaired) electrons. The van der Waals surface area contributed by atoms with E-state index in [1.165, 1.54) is 5.56 Å². The topological polar surface area (TPSA) is 57.0 Å². The highest BCUT2D eigenvalue weighted by Crippen LogP contribution is 2.42. The molecule has 0 amide bonds. The average molecular weight is 357 g/mol. The Morgan fingerprint density at radius 3 is 3.10 bits per heavy atom. The largest absolute Gasteiger partial charge is 0.454 e. The molecule has 2 atom stereocenters. The summed E-state index contributed by atoms with van der Waals surface area (Å²) >= 11 is 3.56. The zero-order valence-electron chi connectivity index (χ0n) is 12.2. The van der Waals surface area contributed by atoms with Gasteiger partial charge in [0.25, 0.3) is 0 Å². The molecule has 2 heterocycles. The summed E-state index contributed by atoms with van der Waals surface area (Å²) in [5.74, 6) is 2.18. The second-order valence-corrected chi connectivity index (χ2v) is 6.45. The highest BCUT2D eigenvalue weighted by molar-refractivity contribution is 9.10. The number of nitrogens with two attached hydrogens (primary N) is 1. The normalized spacial score (nSPS) is 22.7. The second kappa shape index (κ2) is 6.52. The van der Waals surface area contributed by atoms with E-state index in [2.05, 4.69) is 26.9 Å². The molecule has 0 saturated carbocycles. The fourth-order valence-electron chi connectivity index (χ4n) is 3.19. The molecule has 2 aliphatic rings. The van der Waals surface area contributed by atoms with E-state index in [9.17, 15) is 0 Å².